The zero-order valence-electron chi connectivity index (χ0n) is 14.1. The number of piperazine rings is 1. The molecule has 1 fully saturated rings. The number of rotatable bonds is 4. The Morgan fingerprint density at radius 2 is 2.12 bits per heavy atom. The summed E-state index contributed by atoms with van der Waals surface area (Å²) in [6, 6.07) is 11.0. The predicted molar refractivity (Wildman–Crippen MR) is 93.4 cm³/mol. The number of nitrogens with zero attached hydrogens (tertiary/aromatic N) is 1. The summed E-state index contributed by atoms with van der Waals surface area (Å²) in [5.74, 6) is -0.855. The van der Waals surface area contributed by atoms with Crippen LogP contribution < -0.4 is 10.6 Å². The number of aryl methyl sites for hydroxylation is 1. The van der Waals surface area contributed by atoms with Gasteiger partial charge in [-0.15, -0.1) is 0 Å². The largest absolute Gasteiger partial charge is 0.325 e. The van der Waals surface area contributed by atoms with Crippen molar-refractivity contribution in [3.8, 4) is 0 Å². The normalized spacial score (nSPS) is 18.1. The summed E-state index contributed by atoms with van der Waals surface area (Å²) in [7, 11) is 0. The molecule has 2 aromatic carbocycles. The van der Waals surface area contributed by atoms with Crippen LogP contribution in [0.15, 0.2) is 42.5 Å². The van der Waals surface area contributed by atoms with E-state index in [1.165, 1.54) is 18.2 Å². The molecule has 132 valence electrons. The highest BCUT2D eigenvalue weighted by Crippen LogP contribution is 2.23. The van der Waals surface area contributed by atoms with E-state index in [4.69, 9.17) is 0 Å². The van der Waals surface area contributed by atoms with E-state index >= 15 is 0 Å². The summed E-state index contributed by atoms with van der Waals surface area (Å²) in [6.45, 7) is 3.93. The molecule has 1 unspecified atom stereocenters. The summed E-state index contributed by atoms with van der Waals surface area (Å²) in [5.41, 5.74) is 1.80. The van der Waals surface area contributed by atoms with Crippen molar-refractivity contribution >= 4 is 11.6 Å². The molecule has 1 atom stereocenters. The van der Waals surface area contributed by atoms with Gasteiger partial charge < -0.3 is 10.6 Å². The molecule has 2 N–H and O–H groups in total. The van der Waals surface area contributed by atoms with Gasteiger partial charge in [0.15, 0.2) is 0 Å². The van der Waals surface area contributed by atoms with E-state index in [0.29, 0.717) is 24.3 Å². The lowest BCUT2D eigenvalue weighted by Gasteiger charge is -2.36. The number of amides is 1. The van der Waals surface area contributed by atoms with Crippen LogP contribution in [0.3, 0.4) is 0 Å². The fraction of sp³-hybridized carbons (Fsp3) is 0.316. The van der Waals surface area contributed by atoms with Gasteiger partial charge in [0.05, 0.1) is 6.54 Å². The highest BCUT2D eigenvalue weighted by atomic mass is 19.1. The Kier molecular flexibility index (Phi) is 5.40. The van der Waals surface area contributed by atoms with E-state index in [9.17, 15) is 13.6 Å². The molecule has 25 heavy (non-hydrogen) atoms. The lowest BCUT2D eigenvalue weighted by Crippen LogP contribution is -2.48. The Labute approximate surface area is 145 Å². The van der Waals surface area contributed by atoms with Gasteiger partial charge in [0, 0.05) is 31.4 Å². The second-order valence-corrected chi connectivity index (χ2v) is 6.26. The van der Waals surface area contributed by atoms with Crippen molar-refractivity contribution in [2.24, 2.45) is 0 Å². The molecule has 0 spiro atoms. The molecule has 2 aromatic rings. The fourth-order valence-electron chi connectivity index (χ4n) is 3.03. The van der Waals surface area contributed by atoms with Crippen LogP contribution in [0.5, 0.6) is 0 Å². The van der Waals surface area contributed by atoms with Crippen molar-refractivity contribution in [3.63, 3.8) is 0 Å². The van der Waals surface area contributed by atoms with Gasteiger partial charge >= 0.3 is 0 Å². The van der Waals surface area contributed by atoms with Crippen LogP contribution in [-0.4, -0.2) is 37.0 Å². The van der Waals surface area contributed by atoms with Crippen molar-refractivity contribution in [1.29, 1.82) is 0 Å². The molecule has 1 heterocycles. The van der Waals surface area contributed by atoms with Crippen molar-refractivity contribution < 1.29 is 13.6 Å². The van der Waals surface area contributed by atoms with Crippen LogP contribution >= 0.6 is 0 Å². The van der Waals surface area contributed by atoms with E-state index in [1.807, 2.05) is 11.0 Å². The number of nitrogens with one attached hydrogen (secondary N) is 2. The minimum Gasteiger partial charge on any atom is -0.325 e. The molecule has 6 heteroatoms. The van der Waals surface area contributed by atoms with E-state index in [2.05, 4.69) is 10.6 Å². The molecule has 4 nitrogen and oxygen atoms in total. The molecule has 1 amide bonds. The number of anilines is 1. The van der Waals surface area contributed by atoms with Gasteiger partial charge in [-0.1, -0.05) is 18.2 Å². The highest BCUT2D eigenvalue weighted by molar-refractivity contribution is 5.92. The molecule has 1 aliphatic rings. The zero-order valence-corrected chi connectivity index (χ0v) is 14.1. The zero-order chi connectivity index (χ0) is 17.8. The summed E-state index contributed by atoms with van der Waals surface area (Å²) >= 11 is 0. The van der Waals surface area contributed by atoms with Crippen molar-refractivity contribution in [2.75, 3.05) is 31.5 Å². The SMILES string of the molecule is Cc1ccc(NC(=O)CN2CCNCC2c2cccc(F)c2)cc1F. The van der Waals surface area contributed by atoms with Crippen LogP contribution in [0.1, 0.15) is 17.2 Å². The Hall–Kier alpha value is -2.31. The summed E-state index contributed by atoms with van der Waals surface area (Å²) in [5, 5.41) is 6.00. The van der Waals surface area contributed by atoms with Crippen LogP contribution in [0.2, 0.25) is 0 Å². The fourth-order valence-corrected chi connectivity index (χ4v) is 3.03. The van der Waals surface area contributed by atoms with Gasteiger partial charge in [0.2, 0.25) is 5.91 Å². The molecule has 3 rings (SSSR count). The third-order valence-corrected chi connectivity index (χ3v) is 4.39. The highest BCUT2D eigenvalue weighted by Gasteiger charge is 2.25. The minimum atomic E-state index is -0.349. The summed E-state index contributed by atoms with van der Waals surface area (Å²) < 4.78 is 27.1. The van der Waals surface area contributed by atoms with Crippen molar-refractivity contribution in [1.82, 2.24) is 10.2 Å². The first-order chi connectivity index (χ1) is 12.0. The van der Waals surface area contributed by atoms with Gasteiger partial charge in [0.1, 0.15) is 11.6 Å². The van der Waals surface area contributed by atoms with Crippen LogP contribution in [0.4, 0.5) is 14.5 Å². The topological polar surface area (TPSA) is 44.4 Å². The molecular weight excluding hydrogens is 324 g/mol. The number of halogens is 2. The average molecular weight is 345 g/mol. The smallest absolute Gasteiger partial charge is 0.238 e. The molecule has 0 aliphatic carbocycles. The molecule has 1 saturated heterocycles. The number of benzene rings is 2. The molecule has 1 aliphatic heterocycles. The van der Waals surface area contributed by atoms with Crippen molar-refractivity contribution in [3.05, 3.63) is 65.2 Å². The Balaban J connectivity index is 1.68. The Morgan fingerprint density at radius 1 is 1.28 bits per heavy atom. The Bertz CT molecular complexity index is 766. The van der Waals surface area contributed by atoms with Crippen molar-refractivity contribution in [2.45, 2.75) is 13.0 Å². The van der Waals surface area contributed by atoms with Crippen LogP contribution in [-0.2, 0) is 4.79 Å². The number of hydrogen-bond acceptors (Lipinski definition) is 3. The third kappa shape index (κ3) is 4.41. The van der Waals surface area contributed by atoms with Crippen LogP contribution in [0, 0.1) is 18.6 Å². The summed E-state index contributed by atoms with van der Waals surface area (Å²) in [4.78, 5) is 14.4. The maximum atomic E-state index is 13.6. The standard InChI is InChI=1S/C19H21F2N3O/c1-13-5-6-16(10-17(13)21)23-19(25)12-24-8-7-22-11-18(24)14-3-2-4-15(20)9-14/h2-6,9-10,18,22H,7-8,11-12H2,1H3,(H,23,25). The first-order valence-corrected chi connectivity index (χ1v) is 8.29. The lowest BCUT2D eigenvalue weighted by atomic mass is 10.0. The van der Waals surface area contributed by atoms with Crippen LogP contribution in [0.25, 0.3) is 0 Å². The second kappa shape index (κ2) is 7.72. The van der Waals surface area contributed by atoms with E-state index in [1.54, 1.807) is 25.1 Å². The van der Waals surface area contributed by atoms with Gasteiger partial charge in [-0.25, -0.2) is 8.78 Å². The second-order valence-electron chi connectivity index (χ2n) is 6.26. The predicted octanol–water partition coefficient (Wildman–Crippen LogP) is 2.86. The molecule has 0 aromatic heterocycles. The summed E-state index contributed by atoms with van der Waals surface area (Å²) in [6.07, 6.45) is 0. The van der Waals surface area contributed by atoms with E-state index in [0.717, 1.165) is 12.1 Å². The number of hydrogen-bond donors (Lipinski definition) is 2. The average Bonchev–Trinajstić information content (AvgIpc) is 2.58. The lowest BCUT2D eigenvalue weighted by molar-refractivity contribution is -0.118. The molecular formula is C19H21F2N3O. The Morgan fingerprint density at radius 3 is 2.88 bits per heavy atom. The molecule has 0 saturated carbocycles. The van der Waals surface area contributed by atoms with E-state index in [-0.39, 0.29) is 30.1 Å². The van der Waals surface area contributed by atoms with Gasteiger partial charge in [-0.2, -0.15) is 0 Å². The maximum Gasteiger partial charge on any atom is 0.238 e. The first kappa shape index (κ1) is 17.5. The quantitative estimate of drug-likeness (QED) is 0.896. The molecule has 0 radical (unpaired) electrons. The van der Waals surface area contributed by atoms with E-state index < -0.39 is 0 Å². The minimum absolute atomic E-state index is 0.0787. The molecule has 0 bridgehead atoms. The first-order valence-electron chi connectivity index (χ1n) is 8.29. The number of carbonyl (C=O) groups excluding carboxylic acids is 1. The number of carbonyl (C=O) groups is 1. The third-order valence-electron chi connectivity index (χ3n) is 4.39. The monoisotopic (exact) mass is 345 g/mol. The maximum absolute atomic E-state index is 13.6. The van der Waals surface area contributed by atoms with Gasteiger partial charge in [0.25, 0.3) is 0 Å². The van der Waals surface area contributed by atoms with Gasteiger partial charge in [-0.3, -0.25) is 9.69 Å². The van der Waals surface area contributed by atoms with Gasteiger partial charge in [-0.05, 0) is 42.3 Å².